The minimum absolute atomic E-state index is 0.0254. The van der Waals surface area contributed by atoms with Gasteiger partial charge in [0.25, 0.3) is 0 Å². The number of hydrogen-bond acceptors (Lipinski definition) is 4. The zero-order valence-electron chi connectivity index (χ0n) is 17.0. The van der Waals surface area contributed by atoms with E-state index in [1.54, 1.807) is 18.3 Å². The van der Waals surface area contributed by atoms with Gasteiger partial charge in [-0.3, -0.25) is 0 Å². The highest BCUT2D eigenvalue weighted by atomic mass is 19.1. The van der Waals surface area contributed by atoms with Crippen molar-refractivity contribution in [2.45, 2.75) is 0 Å². The van der Waals surface area contributed by atoms with Gasteiger partial charge in [-0.1, -0.05) is 60.7 Å². The van der Waals surface area contributed by atoms with Crippen molar-refractivity contribution in [2.75, 3.05) is 6.54 Å². The van der Waals surface area contributed by atoms with Crippen molar-refractivity contribution in [3.63, 3.8) is 0 Å². The molecule has 0 fully saturated rings. The number of halogens is 2. The summed E-state index contributed by atoms with van der Waals surface area (Å²) < 4.78 is 29.0. The van der Waals surface area contributed by atoms with Gasteiger partial charge in [-0.15, -0.1) is 0 Å². The van der Waals surface area contributed by atoms with Gasteiger partial charge in [0.2, 0.25) is 0 Å². The second-order valence-corrected chi connectivity index (χ2v) is 7.27. The fourth-order valence-electron chi connectivity index (χ4n) is 3.52. The standard InChI is InChI=1S/C26H18F2N4/c27-22-12-11-19(15-21(22)20-13-14-29-16-23(20)28)26-31-24(17-7-3-1-4-8-17)30-25(32-26)18-9-5-2-6-10-18/h1-15,29H,16H2. The molecule has 6 heteroatoms. The number of allylic oxidation sites excluding steroid dienone is 2. The van der Waals surface area contributed by atoms with Gasteiger partial charge in [0.05, 0.1) is 6.54 Å². The van der Waals surface area contributed by atoms with Crippen LogP contribution < -0.4 is 5.32 Å². The Kier molecular flexibility index (Phi) is 5.25. The summed E-state index contributed by atoms with van der Waals surface area (Å²) in [6.07, 6.45) is 3.13. The van der Waals surface area contributed by atoms with Gasteiger partial charge in [-0.05, 0) is 30.5 Å². The van der Waals surface area contributed by atoms with Gasteiger partial charge in [-0.2, -0.15) is 0 Å². The van der Waals surface area contributed by atoms with Crippen molar-refractivity contribution in [3.8, 4) is 34.2 Å². The molecule has 0 aliphatic carbocycles. The van der Waals surface area contributed by atoms with Crippen LogP contribution in [0.15, 0.2) is 97.0 Å². The summed E-state index contributed by atoms with van der Waals surface area (Å²) >= 11 is 0. The van der Waals surface area contributed by atoms with Crippen molar-refractivity contribution in [1.82, 2.24) is 20.3 Å². The van der Waals surface area contributed by atoms with E-state index in [1.807, 2.05) is 60.7 Å². The summed E-state index contributed by atoms with van der Waals surface area (Å²) in [5.41, 5.74) is 2.63. The molecule has 1 aliphatic heterocycles. The Morgan fingerprint density at radius 1 is 0.656 bits per heavy atom. The number of hydrogen-bond donors (Lipinski definition) is 1. The topological polar surface area (TPSA) is 50.7 Å². The molecular weight excluding hydrogens is 406 g/mol. The molecule has 5 rings (SSSR count). The molecular formula is C26H18F2N4. The number of benzene rings is 3. The van der Waals surface area contributed by atoms with Crippen molar-refractivity contribution in [1.29, 1.82) is 0 Å². The molecule has 0 bridgehead atoms. The van der Waals surface area contributed by atoms with Gasteiger partial charge >= 0.3 is 0 Å². The van der Waals surface area contributed by atoms with E-state index >= 15 is 0 Å². The maximum absolute atomic E-state index is 14.6. The Bertz CT molecular complexity index is 1280. The lowest BCUT2D eigenvalue weighted by molar-refractivity contribution is 0.593. The molecule has 0 saturated carbocycles. The first-order valence-corrected chi connectivity index (χ1v) is 10.1. The molecule has 4 nitrogen and oxygen atoms in total. The minimum Gasteiger partial charge on any atom is -0.384 e. The van der Waals surface area contributed by atoms with E-state index in [1.165, 1.54) is 12.1 Å². The second-order valence-electron chi connectivity index (χ2n) is 7.27. The van der Waals surface area contributed by atoms with Crippen LogP contribution in [0.3, 0.4) is 0 Å². The molecule has 0 radical (unpaired) electrons. The van der Waals surface area contributed by atoms with Gasteiger partial charge < -0.3 is 5.32 Å². The van der Waals surface area contributed by atoms with Crippen LogP contribution in [0.25, 0.3) is 39.7 Å². The molecule has 32 heavy (non-hydrogen) atoms. The number of aromatic nitrogens is 3. The lowest BCUT2D eigenvalue weighted by atomic mass is 10.00. The molecule has 1 aliphatic rings. The number of dihydropyridines is 1. The van der Waals surface area contributed by atoms with Gasteiger partial charge in [-0.25, -0.2) is 23.7 Å². The summed E-state index contributed by atoms with van der Waals surface area (Å²) in [5.74, 6) is 0.470. The van der Waals surface area contributed by atoms with Crippen LogP contribution in [0.2, 0.25) is 0 Å². The Balaban J connectivity index is 1.68. The zero-order valence-corrected chi connectivity index (χ0v) is 17.0. The third kappa shape index (κ3) is 3.90. The largest absolute Gasteiger partial charge is 0.384 e. The van der Waals surface area contributed by atoms with E-state index in [4.69, 9.17) is 0 Å². The van der Waals surface area contributed by atoms with Gasteiger partial charge in [0.15, 0.2) is 17.5 Å². The first-order chi connectivity index (χ1) is 15.7. The quantitative estimate of drug-likeness (QED) is 0.449. The van der Waals surface area contributed by atoms with Gasteiger partial charge in [0, 0.05) is 27.8 Å². The average molecular weight is 424 g/mol. The van der Waals surface area contributed by atoms with Crippen molar-refractivity contribution < 1.29 is 8.78 Å². The first kappa shape index (κ1) is 19.8. The third-order valence-electron chi connectivity index (χ3n) is 5.13. The smallest absolute Gasteiger partial charge is 0.164 e. The van der Waals surface area contributed by atoms with Crippen molar-refractivity contribution in [3.05, 3.63) is 108 Å². The summed E-state index contributed by atoms with van der Waals surface area (Å²) in [7, 11) is 0. The second kappa shape index (κ2) is 8.51. The highest BCUT2D eigenvalue weighted by molar-refractivity contribution is 5.79. The fourth-order valence-corrected chi connectivity index (χ4v) is 3.52. The van der Waals surface area contributed by atoms with E-state index in [0.29, 0.717) is 23.0 Å². The Hall–Kier alpha value is -4.19. The van der Waals surface area contributed by atoms with Crippen LogP contribution >= 0.6 is 0 Å². The predicted molar refractivity (Wildman–Crippen MR) is 121 cm³/mol. The Morgan fingerprint density at radius 3 is 1.78 bits per heavy atom. The SMILES string of the molecule is FC1=C(c2cc(-c3nc(-c4ccccc4)nc(-c4ccccc4)n3)ccc2F)C=CNC1. The average Bonchev–Trinajstić information content (AvgIpc) is 2.86. The number of nitrogens with one attached hydrogen (secondary N) is 1. The van der Waals surface area contributed by atoms with E-state index in [2.05, 4.69) is 20.3 Å². The van der Waals surface area contributed by atoms with E-state index < -0.39 is 11.6 Å². The van der Waals surface area contributed by atoms with Crippen LogP contribution in [0.5, 0.6) is 0 Å². The zero-order chi connectivity index (χ0) is 21.9. The summed E-state index contributed by atoms with van der Waals surface area (Å²) in [4.78, 5) is 14.0. The van der Waals surface area contributed by atoms with Crippen LogP contribution in [0.4, 0.5) is 8.78 Å². The molecule has 0 amide bonds. The number of nitrogens with zero attached hydrogens (tertiary/aromatic N) is 3. The van der Waals surface area contributed by atoms with Crippen LogP contribution in [-0.4, -0.2) is 21.5 Å². The first-order valence-electron chi connectivity index (χ1n) is 10.1. The molecule has 1 aromatic heterocycles. The normalized spacial score (nSPS) is 13.2. The molecule has 0 unspecified atom stereocenters. The summed E-state index contributed by atoms with van der Waals surface area (Å²) in [5, 5.41) is 2.78. The van der Waals surface area contributed by atoms with Crippen LogP contribution in [0.1, 0.15) is 5.56 Å². The van der Waals surface area contributed by atoms with Crippen LogP contribution in [-0.2, 0) is 0 Å². The summed E-state index contributed by atoms with van der Waals surface area (Å²) in [6.45, 7) is 0.0254. The van der Waals surface area contributed by atoms with Gasteiger partial charge in [0.1, 0.15) is 11.6 Å². The molecule has 3 aromatic carbocycles. The fraction of sp³-hybridized carbons (Fsp3) is 0.0385. The minimum atomic E-state index is -0.508. The van der Waals surface area contributed by atoms with Crippen molar-refractivity contribution in [2.24, 2.45) is 0 Å². The highest BCUT2D eigenvalue weighted by Gasteiger charge is 2.17. The Labute approximate surface area is 184 Å². The summed E-state index contributed by atoms with van der Waals surface area (Å²) in [6, 6.07) is 23.7. The molecule has 2 heterocycles. The van der Waals surface area contributed by atoms with Crippen LogP contribution in [0, 0.1) is 5.82 Å². The van der Waals surface area contributed by atoms with Crippen molar-refractivity contribution >= 4 is 5.57 Å². The maximum Gasteiger partial charge on any atom is 0.164 e. The molecule has 4 aromatic rings. The third-order valence-corrected chi connectivity index (χ3v) is 5.13. The monoisotopic (exact) mass is 424 g/mol. The highest BCUT2D eigenvalue weighted by Crippen LogP contribution is 2.30. The lowest BCUT2D eigenvalue weighted by Gasteiger charge is -2.14. The number of rotatable bonds is 4. The molecule has 0 saturated heterocycles. The molecule has 1 N–H and O–H groups in total. The maximum atomic E-state index is 14.6. The lowest BCUT2D eigenvalue weighted by Crippen LogP contribution is -2.13. The van der Waals surface area contributed by atoms with E-state index in [0.717, 1.165) is 11.1 Å². The Morgan fingerprint density at radius 2 is 1.22 bits per heavy atom. The molecule has 0 atom stereocenters. The van der Waals surface area contributed by atoms with E-state index in [9.17, 15) is 8.78 Å². The molecule has 0 spiro atoms. The predicted octanol–water partition coefficient (Wildman–Crippen LogP) is 5.81. The molecule has 156 valence electrons. The van der Waals surface area contributed by atoms with E-state index in [-0.39, 0.29) is 17.7 Å².